The van der Waals surface area contributed by atoms with Crippen molar-refractivity contribution in [3.05, 3.63) is 135 Å². The van der Waals surface area contributed by atoms with Gasteiger partial charge >= 0.3 is 6.03 Å². The number of nitrogens with zero attached hydrogens (tertiary/aromatic N) is 2. The van der Waals surface area contributed by atoms with E-state index in [1.807, 2.05) is 60.7 Å². The lowest BCUT2D eigenvalue weighted by atomic mass is 9.95. The van der Waals surface area contributed by atoms with Crippen LogP contribution in [0.5, 0.6) is 0 Å². The summed E-state index contributed by atoms with van der Waals surface area (Å²) >= 11 is 18.6. The monoisotopic (exact) mass is 517 g/mol. The zero-order chi connectivity index (χ0) is 24.5. The Morgan fingerprint density at radius 2 is 1.17 bits per heavy atom. The molecule has 5 rings (SSSR count). The number of amidine groups is 1. The fraction of sp³-hybridized carbons (Fsp3) is 0. The number of urea groups is 1. The minimum absolute atomic E-state index is 0.0334. The van der Waals surface area contributed by atoms with Crippen molar-refractivity contribution in [3.63, 3.8) is 0 Å². The number of halogens is 3. The van der Waals surface area contributed by atoms with Gasteiger partial charge in [0.15, 0.2) is 5.84 Å². The van der Waals surface area contributed by atoms with Crippen molar-refractivity contribution >= 4 is 63.6 Å². The topological polar surface area (TPSA) is 47.4 Å². The molecule has 1 aliphatic rings. The van der Waals surface area contributed by atoms with Gasteiger partial charge in [-0.3, -0.25) is 10.3 Å². The third-order valence-electron chi connectivity index (χ3n) is 5.66. The molecule has 0 atom stereocenters. The van der Waals surface area contributed by atoms with E-state index in [4.69, 9.17) is 34.8 Å². The van der Waals surface area contributed by atoms with E-state index in [1.54, 1.807) is 42.5 Å². The van der Waals surface area contributed by atoms with Gasteiger partial charge in [0.2, 0.25) is 0 Å². The summed E-state index contributed by atoms with van der Waals surface area (Å²) in [5, 5.41) is 10.4. The maximum Gasteiger partial charge on any atom is 0.339 e. The molecule has 1 fully saturated rings. The van der Waals surface area contributed by atoms with Crippen molar-refractivity contribution in [2.45, 2.75) is 0 Å². The van der Waals surface area contributed by atoms with Crippen LogP contribution in [0.2, 0.25) is 15.1 Å². The van der Waals surface area contributed by atoms with Crippen LogP contribution in [0.3, 0.4) is 0 Å². The van der Waals surface area contributed by atoms with E-state index in [9.17, 15) is 10.2 Å². The molecule has 1 heterocycles. The van der Waals surface area contributed by atoms with Crippen molar-refractivity contribution in [3.8, 4) is 0 Å². The highest BCUT2D eigenvalue weighted by molar-refractivity contribution is 6.43. The number of hydrogen-bond donors (Lipinski definition) is 1. The van der Waals surface area contributed by atoms with Crippen molar-refractivity contribution in [2.24, 2.45) is 0 Å². The molecular weight excluding hydrogens is 501 g/mol. The van der Waals surface area contributed by atoms with Gasteiger partial charge in [0.25, 0.3) is 0 Å². The normalized spacial score (nSPS) is 13.5. The van der Waals surface area contributed by atoms with Gasteiger partial charge in [-0.1, -0.05) is 95.5 Å². The molecule has 0 unspecified atom stereocenters. The van der Waals surface area contributed by atoms with Crippen LogP contribution in [0, 0.1) is 5.41 Å². The summed E-state index contributed by atoms with van der Waals surface area (Å²) in [6.07, 6.45) is 0. The first-order chi connectivity index (χ1) is 17.0. The first-order valence-corrected chi connectivity index (χ1v) is 11.9. The van der Waals surface area contributed by atoms with Crippen molar-refractivity contribution in [1.82, 2.24) is 0 Å². The Labute approximate surface area is 218 Å². The minimum atomic E-state index is -0.407. The lowest BCUT2D eigenvalue weighted by molar-refractivity contribution is 0.257. The predicted molar refractivity (Wildman–Crippen MR) is 145 cm³/mol. The summed E-state index contributed by atoms with van der Waals surface area (Å²) < 4.78 is 0. The molecule has 0 bridgehead atoms. The molecule has 1 N–H and O–H groups in total. The van der Waals surface area contributed by atoms with E-state index in [-0.39, 0.29) is 5.84 Å². The standard InChI is InChI=1S/C28H18Cl3N3O/c29-20-11-13-21(14-12-20)34-27(32)26(33(28(34)35)22-15-16-23(30)24(31)17-22)25(18-7-3-1-4-8-18)19-9-5-2-6-10-19/h1-17,32H. The highest BCUT2D eigenvalue weighted by atomic mass is 35.5. The maximum absolute atomic E-state index is 13.9. The van der Waals surface area contributed by atoms with E-state index < -0.39 is 6.03 Å². The average Bonchev–Trinajstić information content (AvgIpc) is 3.13. The van der Waals surface area contributed by atoms with Gasteiger partial charge < -0.3 is 0 Å². The van der Waals surface area contributed by atoms with Crippen LogP contribution >= 0.6 is 34.8 Å². The molecule has 2 amide bonds. The molecule has 0 aliphatic carbocycles. The molecule has 7 heteroatoms. The van der Waals surface area contributed by atoms with Crippen LogP contribution in [0.15, 0.2) is 109 Å². The average molecular weight is 519 g/mol. The molecule has 4 aromatic carbocycles. The quantitative estimate of drug-likeness (QED) is 0.289. The minimum Gasteiger partial charge on any atom is -0.282 e. The number of anilines is 2. The Balaban J connectivity index is 1.82. The second-order valence-electron chi connectivity index (χ2n) is 7.83. The summed E-state index contributed by atoms with van der Waals surface area (Å²) in [7, 11) is 0. The first-order valence-electron chi connectivity index (χ1n) is 10.7. The molecule has 1 saturated heterocycles. The fourth-order valence-electron chi connectivity index (χ4n) is 4.08. The Hall–Kier alpha value is -3.57. The number of carbonyl (C=O) groups is 1. The van der Waals surface area contributed by atoms with E-state index >= 15 is 0 Å². The summed E-state index contributed by atoms with van der Waals surface area (Å²) in [6, 6.07) is 30.8. The Morgan fingerprint density at radius 1 is 0.629 bits per heavy atom. The number of benzene rings is 4. The number of amides is 2. The van der Waals surface area contributed by atoms with Gasteiger partial charge in [0.1, 0.15) is 5.70 Å². The first kappa shape index (κ1) is 23.2. The second-order valence-corrected chi connectivity index (χ2v) is 9.08. The number of rotatable bonds is 4. The molecule has 0 aromatic heterocycles. The Bertz CT molecular complexity index is 1410. The molecule has 172 valence electrons. The number of nitrogens with one attached hydrogen (secondary N) is 1. The van der Waals surface area contributed by atoms with E-state index in [1.165, 1.54) is 9.80 Å². The molecular formula is C28H18Cl3N3O. The number of hydrogen-bond acceptors (Lipinski definition) is 2. The largest absolute Gasteiger partial charge is 0.339 e. The molecule has 1 aliphatic heterocycles. The van der Waals surface area contributed by atoms with Gasteiger partial charge in [-0.25, -0.2) is 9.69 Å². The van der Waals surface area contributed by atoms with Gasteiger partial charge in [-0.15, -0.1) is 0 Å². The molecule has 0 radical (unpaired) electrons. The zero-order valence-electron chi connectivity index (χ0n) is 18.3. The van der Waals surface area contributed by atoms with Crippen LogP contribution < -0.4 is 9.80 Å². The highest BCUT2D eigenvalue weighted by Gasteiger charge is 2.42. The van der Waals surface area contributed by atoms with Crippen LogP contribution in [-0.2, 0) is 0 Å². The SMILES string of the molecule is N=C1C(=C(c2ccccc2)c2ccccc2)N(c2ccc(Cl)c(Cl)c2)C(=O)N1c1ccc(Cl)cc1. The Morgan fingerprint density at radius 3 is 1.71 bits per heavy atom. The Kier molecular flexibility index (Phi) is 6.35. The molecule has 4 nitrogen and oxygen atoms in total. The molecule has 4 aromatic rings. The van der Waals surface area contributed by atoms with Crippen LogP contribution in [-0.4, -0.2) is 11.9 Å². The summed E-state index contributed by atoms with van der Waals surface area (Å²) in [5.41, 5.74) is 3.95. The molecule has 35 heavy (non-hydrogen) atoms. The third kappa shape index (κ3) is 4.32. The van der Waals surface area contributed by atoms with Gasteiger partial charge in [-0.2, -0.15) is 0 Å². The lowest BCUT2D eigenvalue weighted by Gasteiger charge is -2.21. The van der Waals surface area contributed by atoms with E-state index in [0.717, 1.165) is 16.7 Å². The van der Waals surface area contributed by atoms with Crippen molar-refractivity contribution in [2.75, 3.05) is 9.80 Å². The molecule has 0 saturated carbocycles. The summed E-state index contributed by atoms with van der Waals surface area (Å²) in [5.74, 6) is 0.0334. The van der Waals surface area contributed by atoms with E-state index in [2.05, 4.69) is 0 Å². The zero-order valence-corrected chi connectivity index (χ0v) is 20.5. The predicted octanol–water partition coefficient (Wildman–Crippen LogP) is 8.53. The second kappa shape index (κ2) is 9.59. The van der Waals surface area contributed by atoms with Crippen LogP contribution in [0.1, 0.15) is 11.1 Å². The van der Waals surface area contributed by atoms with Crippen molar-refractivity contribution in [1.29, 1.82) is 5.41 Å². The van der Waals surface area contributed by atoms with Crippen LogP contribution in [0.25, 0.3) is 5.57 Å². The summed E-state index contributed by atoms with van der Waals surface area (Å²) in [4.78, 5) is 16.8. The van der Waals surface area contributed by atoms with Gasteiger partial charge in [0, 0.05) is 10.6 Å². The van der Waals surface area contributed by atoms with Gasteiger partial charge in [-0.05, 0) is 53.6 Å². The molecule has 0 spiro atoms. The lowest BCUT2D eigenvalue weighted by Crippen LogP contribution is -2.32. The highest BCUT2D eigenvalue weighted by Crippen LogP contribution is 2.40. The number of carbonyl (C=O) groups excluding carboxylic acids is 1. The summed E-state index contributed by atoms with van der Waals surface area (Å²) in [6.45, 7) is 0. The fourth-order valence-corrected chi connectivity index (χ4v) is 4.49. The van der Waals surface area contributed by atoms with Crippen molar-refractivity contribution < 1.29 is 4.79 Å². The smallest absolute Gasteiger partial charge is 0.282 e. The van der Waals surface area contributed by atoms with E-state index in [0.29, 0.717) is 32.1 Å². The third-order valence-corrected chi connectivity index (χ3v) is 6.65. The maximum atomic E-state index is 13.9. The van der Waals surface area contributed by atoms with Gasteiger partial charge in [0.05, 0.1) is 21.4 Å². The van der Waals surface area contributed by atoms with Crippen LogP contribution in [0.4, 0.5) is 16.2 Å².